The molecule has 1 N–H and O–H groups in total. The number of benzene rings is 2. The van der Waals surface area contributed by atoms with Crippen LogP contribution in [0.2, 0.25) is 0 Å². The van der Waals surface area contributed by atoms with E-state index >= 15 is 0 Å². The van der Waals surface area contributed by atoms with E-state index in [1.807, 2.05) is 13.8 Å². The van der Waals surface area contributed by atoms with E-state index in [0.717, 1.165) is 0 Å². The SMILES string of the molecule is CCOc1ccc(C2/C(=C(\O)c3ccc(OC)cc3)C(=O)C(=O)N2c2nnc(C)s2)cc1OCC. The summed E-state index contributed by atoms with van der Waals surface area (Å²) in [5.41, 5.74) is 0.872. The van der Waals surface area contributed by atoms with Gasteiger partial charge in [-0.1, -0.05) is 17.4 Å². The second-order valence-electron chi connectivity index (χ2n) is 7.57. The number of Topliss-reactive ketones (excluding diaryl/α,β-unsaturated/α-hetero) is 1. The Kier molecular flexibility index (Phi) is 7.02. The van der Waals surface area contributed by atoms with Crippen LogP contribution in [-0.2, 0) is 9.59 Å². The van der Waals surface area contributed by atoms with Gasteiger partial charge in [0, 0.05) is 5.56 Å². The van der Waals surface area contributed by atoms with Crippen molar-refractivity contribution >= 4 is 33.9 Å². The Morgan fingerprint density at radius 2 is 1.71 bits per heavy atom. The van der Waals surface area contributed by atoms with Crippen molar-refractivity contribution in [3.63, 3.8) is 0 Å². The van der Waals surface area contributed by atoms with E-state index in [1.165, 1.54) is 23.3 Å². The molecule has 3 aromatic rings. The van der Waals surface area contributed by atoms with Gasteiger partial charge in [-0.15, -0.1) is 10.2 Å². The first-order valence-corrected chi connectivity index (χ1v) is 11.9. The molecule has 1 unspecified atom stereocenters. The summed E-state index contributed by atoms with van der Waals surface area (Å²) in [5.74, 6) is -0.314. The van der Waals surface area contributed by atoms with Crippen LogP contribution in [0.1, 0.15) is 36.0 Å². The molecular weight excluding hydrogens is 470 g/mol. The minimum absolute atomic E-state index is 0.0559. The molecule has 0 bridgehead atoms. The summed E-state index contributed by atoms with van der Waals surface area (Å²) >= 11 is 1.18. The zero-order valence-electron chi connectivity index (χ0n) is 19.8. The van der Waals surface area contributed by atoms with Crippen LogP contribution in [0.25, 0.3) is 5.76 Å². The second kappa shape index (κ2) is 10.1. The Hall–Kier alpha value is -3.92. The molecule has 2 heterocycles. The third-order valence-electron chi connectivity index (χ3n) is 5.41. The minimum Gasteiger partial charge on any atom is -0.507 e. The van der Waals surface area contributed by atoms with Gasteiger partial charge in [-0.05, 0) is 62.7 Å². The number of amides is 1. The number of hydrogen-bond donors (Lipinski definition) is 1. The van der Waals surface area contributed by atoms with E-state index in [-0.39, 0.29) is 16.5 Å². The average molecular weight is 496 g/mol. The van der Waals surface area contributed by atoms with Crippen molar-refractivity contribution < 1.29 is 28.9 Å². The van der Waals surface area contributed by atoms with Crippen molar-refractivity contribution in [1.29, 1.82) is 0 Å². The lowest BCUT2D eigenvalue weighted by atomic mass is 9.95. The van der Waals surface area contributed by atoms with Gasteiger partial charge in [-0.25, -0.2) is 0 Å². The molecule has 182 valence electrons. The number of carbonyl (C=O) groups excluding carboxylic acids is 2. The number of anilines is 1. The van der Waals surface area contributed by atoms with Gasteiger partial charge < -0.3 is 19.3 Å². The highest BCUT2D eigenvalue weighted by molar-refractivity contribution is 7.15. The molecule has 0 aliphatic carbocycles. The van der Waals surface area contributed by atoms with Gasteiger partial charge in [-0.3, -0.25) is 14.5 Å². The molecule has 2 aromatic carbocycles. The number of nitrogens with zero attached hydrogens (tertiary/aromatic N) is 3. The Morgan fingerprint density at radius 1 is 1.03 bits per heavy atom. The standard InChI is InChI=1S/C25H25N3O6S/c1-5-33-18-12-9-16(13-19(18)34-6-2)21-20(22(29)15-7-10-17(32-4)11-8-15)23(30)24(31)28(21)25-27-26-14(3)35-25/h7-13,21,29H,5-6H2,1-4H3/b22-20+. The summed E-state index contributed by atoms with van der Waals surface area (Å²) in [5, 5.41) is 20.2. The third kappa shape index (κ3) is 4.57. The molecule has 1 aromatic heterocycles. The van der Waals surface area contributed by atoms with Crippen molar-refractivity contribution in [2.45, 2.75) is 26.8 Å². The topological polar surface area (TPSA) is 111 Å². The lowest BCUT2D eigenvalue weighted by Crippen LogP contribution is -2.29. The molecule has 10 heteroatoms. The van der Waals surface area contributed by atoms with Gasteiger partial charge in [0.15, 0.2) is 11.5 Å². The van der Waals surface area contributed by atoms with Crippen molar-refractivity contribution in [2.75, 3.05) is 25.2 Å². The number of hydrogen-bond acceptors (Lipinski definition) is 9. The highest BCUT2D eigenvalue weighted by Gasteiger charge is 2.48. The lowest BCUT2D eigenvalue weighted by molar-refractivity contribution is -0.132. The Balaban J connectivity index is 1.92. The first-order chi connectivity index (χ1) is 16.9. The fourth-order valence-electron chi connectivity index (χ4n) is 3.87. The fraction of sp³-hybridized carbons (Fsp3) is 0.280. The monoisotopic (exact) mass is 495 g/mol. The second-order valence-corrected chi connectivity index (χ2v) is 8.73. The van der Waals surface area contributed by atoms with E-state index in [1.54, 1.807) is 49.4 Å². The van der Waals surface area contributed by atoms with Crippen LogP contribution in [0.15, 0.2) is 48.0 Å². The first kappa shape index (κ1) is 24.2. The van der Waals surface area contributed by atoms with E-state index in [2.05, 4.69) is 10.2 Å². The van der Waals surface area contributed by atoms with Gasteiger partial charge in [0.1, 0.15) is 16.5 Å². The molecule has 0 saturated carbocycles. The third-order valence-corrected chi connectivity index (χ3v) is 6.25. The van der Waals surface area contributed by atoms with Crippen LogP contribution in [0.5, 0.6) is 17.2 Å². The van der Waals surface area contributed by atoms with E-state index in [0.29, 0.717) is 46.6 Å². The molecule has 1 aliphatic rings. The average Bonchev–Trinajstić information content (AvgIpc) is 3.40. The molecule has 9 nitrogen and oxygen atoms in total. The summed E-state index contributed by atoms with van der Waals surface area (Å²) in [6, 6.07) is 10.8. The number of ether oxygens (including phenoxy) is 3. The van der Waals surface area contributed by atoms with Crippen molar-refractivity contribution in [3.05, 3.63) is 64.2 Å². The summed E-state index contributed by atoms with van der Waals surface area (Å²) in [7, 11) is 1.53. The predicted molar refractivity (Wildman–Crippen MR) is 131 cm³/mol. The molecule has 0 radical (unpaired) electrons. The molecule has 1 aliphatic heterocycles. The van der Waals surface area contributed by atoms with Gasteiger partial charge in [-0.2, -0.15) is 0 Å². The summed E-state index contributed by atoms with van der Waals surface area (Å²) in [6.07, 6.45) is 0. The molecule has 35 heavy (non-hydrogen) atoms. The molecule has 1 atom stereocenters. The minimum atomic E-state index is -0.945. The van der Waals surface area contributed by atoms with Gasteiger partial charge in [0.05, 0.1) is 31.9 Å². The normalized spacial score (nSPS) is 17.0. The number of methoxy groups -OCH3 is 1. The van der Waals surface area contributed by atoms with Crippen LogP contribution >= 0.6 is 11.3 Å². The summed E-state index contributed by atoms with van der Waals surface area (Å²) in [6.45, 7) is 6.31. The van der Waals surface area contributed by atoms with Gasteiger partial charge in [0.2, 0.25) is 5.13 Å². The Labute approximate surface area is 206 Å². The Morgan fingerprint density at radius 3 is 2.31 bits per heavy atom. The van der Waals surface area contributed by atoms with Crippen LogP contribution in [0.3, 0.4) is 0 Å². The number of carbonyl (C=O) groups is 2. The smallest absolute Gasteiger partial charge is 0.301 e. The molecule has 0 spiro atoms. The molecule has 1 saturated heterocycles. The van der Waals surface area contributed by atoms with Crippen LogP contribution in [-0.4, -0.2) is 47.3 Å². The van der Waals surface area contributed by atoms with E-state index < -0.39 is 17.7 Å². The maximum atomic E-state index is 13.3. The lowest BCUT2D eigenvalue weighted by Gasteiger charge is -2.23. The van der Waals surface area contributed by atoms with E-state index in [4.69, 9.17) is 14.2 Å². The highest BCUT2D eigenvalue weighted by Crippen LogP contribution is 2.44. The largest absolute Gasteiger partial charge is 0.507 e. The number of rotatable bonds is 8. The summed E-state index contributed by atoms with van der Waals surface area (Å²) in [4.78, 5) is 27.8. The van der Waals surface area contributed by atoms with E-state index in [9.17, 15) is 14.7 Å². The molecule has 4 rings (SSSR count). The fourth-order valence-corrected chi connectivity index (χ4v) is 4.59. The Bertz CT molecular complexity index is 1280. The maximum absolute atomic E-state index is 13.3. The number of aryl methyl sites for hydroxylation is 1. The van der Waals surface area contributed by atoms with Crippen LogP contribution < -0.4 is 19.1 Å². The van der Waals surface area contributed by atoms with Gasteiger partial charge >= 0.3 is 5.91 Å². The van der Waals surface area contributed by atoms with Crippen molar-refractivity contribution in [2.24, 2.45) is 0 Å². The van der Waals surface area contributed by atoms with Crippen LogP contribution in [0.4, 0.5) is 5.13 Å². The van der Waals surface area contributed by atoms with Crippen molar-refractivity contribution in [1.82, 2.24) is 10.2 Å². The van der Waals surface area contributed by atoms with Crippen molar-refractivity contribution in [3.8, 4) is 17.2 Å². The van der Waals surface area contributed by atoms with Gasteiger partial charge in [0.25, 0.3) is 5.78 Å². The van der Waals surface area contributed by atoms with Crippen LogP contribution in [0, 0.1) is 6.92 Å². The molecule has 1 fully saturated rings. The summed E-state index contributed by atoms with van der Waals surface area (Å²) < 4.78 is 16.6. The number of aliphatic hydroxyl groups excluding tert-OH is 1. The molecule has 1 amide bonds. The number of aliphatic hydroxyl groups is 1. The first-order valence-electron chi connectivity index (χ1n) is 11.0. The zero-order valence-corrected chi connectivity index (χ0v) is 20.6. The highest BCUT2D eigenvalue weighted by atomic mass is 32.1. The quantitative estimate of drug-likeness (QED) is 0.280. The number of aromatic nitrogens is 2. The number of ketones is 1. The predicted octanol–water partition coefficient (Wildman–Crippen LogP) is 4.28. The zero-order chi connectivity index (χ0) is 25.1. The molecular formula is C25H25N3O6S. The maximum Gasteiger partial charge on any atom is 0.301 e.